The lowest BCUT2D eigenvalue weighted by molar-refractivity contribution is -0.125. The number of likely N-dealkylation sites (tertiary alicyclic amines) is 1. The minimum Gasteiger partial charge on any atom is -0.339 e. The molecule has 2 nitrogen and oxygen atoms in total. The molecule has 1 aliphatic heterocycles. The van der Waals surface area contributed by atoms with E-state index < -0.39 is 0 Å². The summed E-state index contributed by atoms with van der Waals surface area (Å²) in [6, 6.07) is 0. The molecule has 1 fully saturated rings. The first-order chi connectivity index (χ1) is 5.34. The molecule has 0 bridgehead atoms. The highest BCUT2D eigenvalue weighted by Gasteiger charge is 2.11. The minimum atomic E-state index is 0.0897. The molecule has 1 rings (SSSR count). The van der Waals surface area contributed by atoms with E-state index in [1.807, 2.05) is 4.90 Å². The molecule has 0 spiro atoms. The van der Waals surface area contributed by atoms with Crippen LogP contribution in [0.4, 0.5) is 0 Å². The predicted octanol–water partition coefficient (Wildman–Crippen LogP) is 1.57. The largest absolute Gasteiger partial charge is 0.339 e. The summed E-state index contributed by atoms with van der Waals surface area (Å²) in [6.07, 6.45) is 6.24. The molecular formula is C9H15NO. The molecule has 1 saturated heterocycles. The summed E-state index contributed by atoms with van der Waals surface area (Å²) < 4.78 is 0. The average molecular weight is 153 g/mol. The molecule has 0 unspecified atom stereocenters. The van der Waals surface area contributed by atoms with Crippen LogP contribution in [0.2, 0.25) is 0 Å². The number of hydrogen-bond donors (Lipinski definition) is 0. The molecule has 1 aliphatic rings. The van der Waals surface area contributed by atoms with Crippen molar-refractivity contribution in [2.45, 2.75) is 25.7 Å². The van der Waals surface area contributed by atoms with Gasteiger partial charge in [-0.1, -0.05) is 19.4 Å². The zero-order valence-electron chi connectivity index (χ0n) is 6.88. The summed E-state index contributed by atoms with van der Waals surface area (Å²) in [5.74, 6) is 0.0897. The van der Waals surface area contributed by atoms with Gasteiger partial charge < -0.3 is 4.90 Å². The van der Waals surface area contributed by atoms with E-state index in [0.29, 0.717) is 0 Å². The van der Waals surface area contributed by atoms with Crippen LogP contribution < -0.4 is 0 Å². The normalized spacial score (nSPS) is 19.1. The molecule has 0 N–H and O–H groups in total. The standard InChI is InChI=1S/C9H15NO/c1-2-9(11)10-7-5-3-4-6-8-10/h2H,1,3-8H2. The van der Waals surface area contributed by atoms with Crippen LogP contribution >= 0.6 is 0 Å². The number of amides is 1. The van der Waals surface area contributed by atoms with E-state index in [4.69, 9.17) is 0 Å². The molecule has 0 radical (unpaired) electrons. The Morgan fingerprint density at radius 2 is 1.73 bits per heavy atom. The highest BCUT2D eigenvalue weighted by Crippen LogP contribution is 2.09. The van der Waals surface area contributed by atoms with E-state index in [2.05, 4.69) is 6.58 Å². The Balaban J connectivity index is 2.42. The van der Waals surface area contributed by atoms with Gasteiger partial charge in [0, 0.05) is 13.1 Å². The van der Waals surface area contributed by atoms with Gasteiger partial charge in [0.1, 0.15) is 0 Å². The van der Waals surface area contributed by atoms with Crippen molar-refractivity contribution in [3.05, 3.63) is 12.7 Å². The van der Waals surface area contributed by atoms with Crippen molar-refractivity contribution in [1.29, 1.82) is 0 Å². The highest BCUT2D eigenvalue weighted by molar-refractivity contribution is 5.86. The molecule has 0 aromatic heterocycles. The number of carbonyl (C=O) groups is 1. The lowest BCUT2D eigenvalue weighted by atomic mass is 10.2. The van der Waals surface area contributed by atoms with Gasteiger partial charge in [0.05, 0.1) is 0 Å². The molecule has 62 valence electrons. The summed E-state index contributed by atoms with van der Waals surface area (Å²) in [7, 11) is 0. The van der Waals surface area contributed by atoms with E-state index in [1.54, 1.807) is 0 Å². The third kappa shape index (κ3) is 2.37. The van der Waals surface area contributed by atoms with Crippen molar-refractivity contribution < 1.29 is 4.79 Å². The fraction of sp³-hybridized carbons (Fsp3) is 0.667. The van der Waals surface area contributed by atoms with Gasteiger partial charge in [-0.15, -0.1) is 0 Å². The maximum absolute atomic E-state index is 11.1. The highest BCUT2D eigenvalue weighted by atomic mass is 16.2. The maximum atomic E-state index is 11.1. The molecule has 1 heterocycles. The van der Waals surface area contributed by atoms with Crippen molar-refractivity contribution in [3.8, 4) is 0 Å². The number of nitrogens with zero attached hydrogens (tertiary/aromatic N) is 1. The number of rotatable bonds is 1. The third-order valence-electron chi connectivity index (χ3n) is 2.09. The zero-order valence-corrected chi connectivity index (χ0v) is 6.88. The lowest BCUT2D eigenvalue weighted by Gasteiger charge is -2.17. The van der Waals surface area contributed by atoms with Gasteiger partial charge in [0.2, 0.25) is 5.91 Å². The van der Waals surface area contributed by atoms with Crippen molar-refractivity contribution >= 4 is 5.91 Å². The molecule has 0 aromatic rings. The van der Waals surface area contributed by atoms with Gasteiger partial charge in [-0.2, -0.15) is 0 Å². The van der Waals surface area contributed by atoms with E-state index in [1.165, 1.54) is 18.9 Å². The van der Waals surface area contributed by atoms with Gasteiger partial charge in [-0.25, -0.2) is 0 Å². The van der Waals surface area contributed by atoms with Crippen molar-refractivity contribution in [2.24, 2.45) is 0 Å². The van der Waals surface area contributed by atoms with Crippen LogP contribution in [0, 0.1) is 0 Å². The minimum absolute atomic E-state index is 0.0897. The van der Waals surface area contributed by atoms with E-state index >= 15 is 0 Å². The first kappa shape index (κ1) is 8.31. The summed E-state index contributed by atoms with van der Waals surface area (Å²) in [6.45, 7) is 5.32. The number of carbonyl (C=O) groups excluding carboxylic acids is 1. The van der Waals surface area contributed by atoms with Crippen LogP contribution in [0.3, 0.4) is 0 Å². The van der Waals surface area contributed by atoms with Crippen molar-refractivity contribution in [2.75, 3.05) is 13.1 Å². The molecule has 2 heteroatoms. The Hall–Kier alpha value is -0.790. The summed E-state index contributed by atoms with van der Waals surface area (Å²) in [5.41, 5.74) is 0. The smallest absolute Gasteiger partial charge is 0.245 e. The summed E-state index contributed by atoms with van der Waals surface area (Å²) in [4.78, 5) is 13.0. The van der Waals surface area contributed by atoms with Gasteiger partial charge in [0.15, 0.2) is 0 Å². The van der Waals surface area contributed by atoms with Gasteiger partial charge >= 0.3 is 0 Å². The van der Waals surface area contributed by atoms with Crippen molar-refractivity contribution in [1.82, 2.24) is 4.90 Å². The second-order valence-corrected chi connectivity index (χ2v) is 2.94. The SMILES string of the molecule is C=CC(=O)N1CCCCCC1. The Kier molecular flexibility index (Phi) is 3.14. The molecule has 11 heavy (non-hydrogen) atoms. The second kappa shape index (κ2) is 4.16. The molecular weight excluding hydrogens is 138 g/mol. The molecule has 0 aliphatic carbocycles. The Bertz CT molecular complexity index is 146. The molecule has 1 amide bonds. The maximum Gasteiger partial charge on any atom is 0.245 e. The van der Waals surface area contributed by atoms with Crippen LogP contribution in [0.15, 0.2) is 12.7 Å². The van der Waals surface area contributed by atoms with Gasteiger partial charge in [-0.05, 0) is 18.9 Å². The fourth-order valence-electron chi connectivity index (χ4n) is 1.42. The Morgan fingerprint density at radius 3 is 2.18 bits per heavy atom. The van der Waals surface area contributed by atoms with Crippen LogP contribution in [0.1, 0.15) is 25.7 Å². The lowest BCUT2D eigenvalue weighted by Crippen LogP contribution is -2.29. The van der Waals surface area contributed by atoms with E-state index in [0.717, 1.165) is 25.9 Å². The Morgan fingerprint density at radius 1 is 1.18 bits per heavy atom. The van der Waals surface area contributed by atoms with Crippen molar-refractivity contribution in [3.63, 3.8) is 0 Å². The van der Waals surface area contributed by atoms with Crippen LogP contribution in [0.25, 0.3) is 0 Å². The van der Waals surface area contributed by atoms with Crippen LogP contribution in [0.5, 0.6) is 0 Å². The zero-order chi connectivity index (χ0) is 8.10. The third-order valence-corrected chi connectivity index (χ3v) is 2.09. The fourth-order valence-corrected chi connectivity index (χ4v) is 1.42. The number of hydrogen-bond acceptors (Lipinski definition) is 1. The first-order valence-corrected chi connectivity index (χ1v) is 4.26. The molecule has 0 saturated carbocycles. The summed E-state index contributed by atoms with van der Waals surface area (Å²) >= 11 is 0. The molecule has 0 atom stereocenters. The summed E-state index contributed by atoms with van der Waals surface area (Å²) in [5, 5.41) is 0. The van der Waals surface area contributed by atoms with Crippen LogP contribution in [-0.2, 0) is 4.79 Å². The van der Waals surface area contributed by atoms with Gasteiger partial charge in [-0.3, -0.25) is 4.79 Å². The first-order valence-electron chi connectivity index (χ1n) is 4.26. The second-order valence-electron chi connectivity index (χ2n) is 2.94. The van der Waals surface area contributed by atoms with E-state index in [9.17, 15) is 4.79 Å². The topological polar surface area (TPSA) is 20.3 Å². The van der Waals surface area contributed by atoms with E-state index in [-0.39, 0.29) is 5.91 Å². The Labute approximate surface area is 67.9 Å². The quantitative estimate of drug-likeness (QED) is 0.524. The molecule has 0 aromatic carbocycles. The average Bonchev–Trinajstić information content (AvgIpc) is 2.30. The monoisotopic (exact) mass is 153 g/mol. The van der Waals surface area contributed by atoms with Crippen LogP contribution in [-0.4, -0.2) is 23.9 Å². The predicted molar refractivity (Wildman–Crippen MR) is 45.2 cm³/mol. The van der Waals surface area contributed by atoms with Gasteiger partial charge in [0.25, 0.3) is 0 Å².